The molecule has 2 rings (SSSR count). The van der Waals surface area contributed by atoms with E-state index in [-0.39, 0.29) is 16.5 Å². The minimum atomic E-state index is -4.49. The standard InChI is InChI=1S/C17H15ClF3NO2S/c1-24-13-5-2-11(3-6-13)9-25-10-16(23)22-15-8-12(17(19,20)21)4-7-14(15)18/h2-8H,9-10H2,1H3,(H,22,23). The number of thioether (sulfide) groups is 1. The minimum absolute atomic E-state index is 0.0495. The molecule has 0 atom stereocenters. The molecule has 0 radical (unpaired) electrons. The lowest BCUT2D eigenvalue weighted by molar-refractivity contribution is -0.137. The van der Waals surface area contributed by atoms with Crippen LogP contribution in [0.1, 0.15) is 11.1 Å². The molecular weight excluding hydrogens is 375 g/mol. The summed E-state index contributed by atoms with van der Waals surface area (Å²) in [5.41, 5.74) is 0.0975. The molecule has 0 unspecified atom stereocenters. The second kappa shape index (κ2) is 8.49. The summed E-state index contributed by atoms with van der Waals surface area (Å²) >= 11 is 7.19. The van der Waals surface area contributed by atoms with Crippen LogP contribution in [0.3, 0.4) is 0 Å². The van der Waals surface area contributed by atoms with E-state index in [1.165, 1.54) is 11.8 Å². The lowest BCUT2D eigenvalue weighted by Crippen LogP contribution is -2.15. The highest BCUT2D eigenvalue weighted by atomic mass is 35.5. The van der Waals surface area contributed by atoms with Crippen molar-refractivity contribution in [2.75, 3.05) is 18.2 Å². The lowest BCUT2D eigenvalue weighted by Gasteiger charge is -2.11. The van der Waals surface area contributed by atoms with Gasteiger partial charge in [0.1, 0.15) is 5.75 Å². The van der Waals surface area contributed by atoms with Crippen LogP contribution in [0.15, 0.2) is 42.5 Å². The Hall–Kier alpha value is -1.86. The zero-order valence-corrected chi connectivity index (χ0v) is 14.8. The molecule has 0 bridgehead atoms. The van der Waals surface area contributed by atoms with Crippen LogP contribution in [0.5, 0.6) is 5.75 Å². The highest BCUT2D eigenvalue weighted by Crippen LogP contribution is 2.33. The largest absolute Gasteiger partial charge is 0.497 e. The van der Waals surface area contributed by atoms with Crippen molar-refractivity contribution in [3.63, 3.8) is 0 Å². The summed E-state index contributed by atoms with van der Waals surface area (Å²) in [6.07, 6.45) is -4.49. The normalized spacial score (nSPS) is 11.2. The van der Waals surface area contributed by atoms with E-state index in [1.54, 1.807) is 7.11 Å². The second-order valence-electron chi connectivity index (χ2n) is 5.08. The maximum Gasteiger partial charge on any atom is 0.416 e. The highest BCUT2D eigenvalue weighted by molar-refractivity contribution is 7.99. The van der Waals surface area contributed by atoms with E-state index in [9.17, 15) is 18.0 Å². The van der Waals surface area contributed by atoms with Gasteiger partial charge in [0, 0.05) is 5.75 Å². The van der Waals surface area contributed by atoms with Gasteiger partial charge in [-0.2, -0.15) is 13.2 Å². The Morgan fingerprint density at radius 2 is 1.88 bits per heavy atom. The summed E-state index contributed by atoms with van der Waals surface area (Å²) < 4.78 is 43.2. The highest BCUT2D eigenvalue weighted by Gasteiger charge is 2.31. The first-order chi connectivity index (χ1) is 11.8. The van der Waals surface area contributed by atoms with E-state index in [1.807, 2.05) is 24.3 Å². The zero-order chi connectivity index (χ0) is 18.4. The SMILES string of the molecule is COc1ccc(CSCC(=O)Nc2cc(C(F)(F)F)ccc2Cl)cc1. The summed E-state index contributed by atoms with van der Waals surface area (Å²) in [6, 6.07) is 10.2. The number of halogens is 4. The van der Waals surface area contributed by atoms with Crippen molar-refractivity contribution in [3.05, 3.63) is 58.6 Å². The van der Waals surface area contributed by atoms with Gasteiger partial charge in [0.2, 0.25) is 5.91 Å². The second-order valence-corrected chi connectivity index (χ2v) is 6.47. The fourth-order valence-corrected chi connectivity index (χ4v) is 2.92. The van der Waals surface area contributed by atoms with Gasteiger partial charge in [0.25, 0.3) is 0 Å². The number of benzene rings is 2. The van der Waals surface area contributed by atoms with Crippen molar-refractivity contribution in [1.29, 1.82) is 0 Å². The number of rotatable bonds is 6. The van der Waals surface area contributed by atoms with Crippen LogP contribution in [-0.2, 0) is 16.7 Å². The molecule has 0 saturated carbocycles. The summed E-state index contributed by atoms with van der Waals surface area (Å²) in [5.74, 6) is 1.01. The molecule has 2 aromatic carbocycles. The van der Waals surface area contributed by atoms with Crippen LogP contribution < -0.4 is 10.1 Å². The third kappa shape index (κ3) is 5.86. The quantitative estimate of drug-likeness (QED) is 0.734. The molecule has 0 aliphatic heterocycles. The van der Waals surface area contributed by atoms with Gasteiger partial charge < -0.3 is 10.1 Å². The number of anilines is 1. The molecule has 8 heteroatoms. The van der Waals surface area contributed by atoms with Crippen LogP contribution in [0, 0.1) is 0 Å². The molecule has 0 aliphatic rings. The number of nitrogens with one attached hydrogen (secondary N) is 1. The van der Waals surface area contributed by atoms with Crippen LogP contribution in [0.25, 0.3) is 0 Å². The Balaban J connectivity index is 1.89. The predicted molar refractivity (Wildman–Crippen MR) is 94.2 cm³/mol. The predicted octanol–water partition coefficient (Wildman–Crippen LogP) is 5.24. The molecule has 0 fully saturated rings. The van der Waals surface area contributed by atoms with E-state index in [0.717, 1.165) is 29.5 Å². The molecule has 1 N–H and O–H groups in total. The van der Waals surface area contributed by atoms with E-state index < -0.39 is 17.6 Å². The smallest absolute Gasteiger partial charge is 0.416 e. The Labute approximate surface area is 152 Å². The number of methoxy groups -OCH3 is 1. The molecule has 0 aliphatic carbocycles. The Kier molecular flexibility index (Phi) is 6.61. The Bertz CT molecular complexity index is 736. The van der Waals surface area contributed by atoms with E-state index >= 15 is 0 Å². The zero-order valence-electron chi connectivity index (χ0n) is 13.2. The Morgan fingerprint density at radius 3 is 2.48 bits per heavy atom. The van der Waals surface area contributed by atoms with Gasteiger partial charge in [-0.25, -0.2) is 0 Å². The van der Waals surface area contributed by atoms with Gasteiger partial charge in [-0.15, -0.1) is 11.8 Å². The number of ether oxygens (including phenoxy) is 1. The minimum Gasteiger partial charge on any atom is -0.497 e. The Morgan fingerprint density at radius 1 is 1.20 bits per heavy atom. The summed E-state index contributed by atoms with van der Waals surface area (Å²) in [4.78, 5) is 11.9. The maximum atomic E-state index is 12.7. The van der Waals surface area contributed by atoms with Crippen molar-refractivity contribution in [3.8, 4) is 5.75 Å². The first-order valence-corrected chi connectivity index (χ1v) is 8.70. The van der Waals surface area contributed by atoms with Crippen LogP contribution in [0.4, 0.5) is 18.9 Å². The molecule has 0 spiro atoms. The topological polar surface area (TPSA) is 38.3 Å². The lowest BCUT2D eigenvalue weighted by atomic mass is 10.2. The van der Waals surface area contributed by atoms with Gasteiger partial charge in [0.15, 0.2) is 0 Å². The number of amides is 1. The molecule has 1 amide bonds. The number of carbonyl (C=O) groups is 1. The molecule has 3 nitrogen and oxygen atoms in total. The monoisotopic (exact) mass is 389 g/mol. The van der Waals surface area contributed by atoms with Crippen molar-refractivity contribution in [1.82, 2.24) is 0 Å². The molecule has 2 aromatic rings. The fourth-order valence-electron chi connectivity index (χ4n) is 1.97. The van der Waals surface area contributed by atoms with Gasteiger partial charge in [-0.3, -0.25) is 4.79 Å². The third-order valence-corrected chi connectivity index (χ3v) is 4.56. The molecule has 0 saturated heterocycles. The van der Waals surface area contributed by atoms with Crippen molar-refractivity contribution >= 4 is 35.0 Å². The van der Waals surface area contributed by atoms with Crippen molar-refractivity contribution in [2.45, 2.75) is 11.9 Å². The average Bonchev–Trinajstić information content (AvgIpc) is 2.56. The van der Waals surface area contributed by atoms with Gasteiger partial charge in [-0.05, 0) is 35.9 Å². The molecule has 134 valence electrons. The van der Waals surface area contributed by atoms with E-state index in [4.69, 9.17) is 16.3 Å². The maximum absolute atomic E-state index is 12.7. The molecule has 0 heterocycles. The first kappa shape index (κ1) is 19.5. The van der Waals surface area contributed by atoms with Gasteiger partial charge in [-0.1, -0.05) is 23.7 Å². The van der Waals surface area contributed by atoms with Crippen LogP contribution in [-0.4, -0.2) is 18.8 Å². The van der Waals surface area contributed by atoms with Gasteiger partial charge in [0.05, 0.1) is 29.1 Å². The van der Waals surface area contributed by atoms with Crippen molar-refractivity contribution < 1.29 is 22.7 Å². The van der Waals surface area contributed by atoms with Crippen LogP contribution >= 0.6 is 23.4 Å². The van der Waals surface area contributed by atoms with Crippen molar-refractivity contribution in [2.24, 2.45) is 0 Å². The van der Waals surface area contributed by atoms with E-state index in [2.05, 4.69) is 5.32 Å². The molecule has 25 heavy (non-hydrogen) atoms. The average molecular weight is 390 g/mol. The summed E-state index contributed by atoms with van der Waals surface area (Å²) in [5, 5.41) is 2.47. The molecular formula is C17H15ClF3NO2S. The van der Waals surface area contributed by atoms with Crippen LogP contribution in [0.2, 0.25) is 5.02 Å². The fraction of sp³-hybridized carbons (Fsp3) is 0.235. The number of carbonyl (C=O) groups excluding carboxylic acids is 1. The summed E-state index contributed by atoms with van der Waals surface area (Å²) in [7, 11) is 1.58. The van der Waals surface area contributed by atoms with E-state index in [0.29, 0.717) is 5.75 Å². The number of hydrogen-bond donors (Lipinski definition) is 1. The van der Waals surface area contributed by atoms with Gasteiger partial charge >= 0.3 is 6.18 Å². The molecule has 0 aromatic heterocycles. The third-order valence-electron chi connectivity index (χ3n) is 3.23. The number of alkyl halides is 3. The number of hydrogen-bond acceptors (Lipinski definition) is 3. The first-order valence-electron chi connectivity index (χ1n) is 7.17. The summed E-state index contributed by atoms with van der Waals surface area (Å²) in [6.45, 7) is 0.